The fourth-order valence-electron chi connectivity index (χ4n) is 5.05. The van der Waals surface area contributed by atoms with Crippen LogP contribution in [-0.4, -0.2) is 56.5 Å². The topological polar surface area (TPSA) is 113 Å². The number of ether oxygens (including phenoxy) is 1. The number of carbonyl (C=O) groups is 2. The predicted molar refractivity (Wildman–Crippen MR) is 156 cm³/mol. The first-order valence-corrected chi connectivity index (χ1v) is 13.9. The summed E-state index contributed by atoms with van der Waals surface area (Å²) in [6.07, 6.45) is 7.78. The van der Waals surface area contributed by atoms with Gasteiger partial charge in [0.1, 0.15) is 5.60 Å². The normalized spacial score (nSPS) is 14.0. The fourth-order valence-corrected chi connectivity index (χ4v) is 5.05. The molecule has 1 fully saturated rings. The third-order valence-electron chi connectivity index (χ3n) is 7.26. The SMILES string of the molecule is CC(C)(C)OC(=O)NCCC1CCN(C(=O)c2ccc(-c3cn4c(-c5ccc(C#N)cc5)cnc4cn3)cc2)CC1. The van der Waals surface area contributed by atoms with Gasteiger partial charge in [0.2, 0.25) is 0 Å². The van der Waals surface area contributed by atoms with Crippen molar-refractivity contribution < 1.29 is 14.3 Å². The maximum absolute atomic E-state index is 13.2. The lowest BCUT2D eigenvalue weighted by molar-refractivity contribution is 0.0522. The zero-order chi connectivity index (χ0) is 29.0. The van der Waals surface area contributed by atoms with Crippen LogP contribution in [0.25, 0.3) is 28.2 Å². The molecule has 0 saturated carbocycles. The van der Waals surface area contributed by atoms with E-state index in [1.54, 1.807) is 24.5 Å². The van der Waals surface area contributed by atoms with Crippen molar-refractivity contribution in [2.24, 2.45) is 5.92 Å². The van der Waals surface area contributed by atoms with Gasteiger partial charge in [0.05, 0.1) is 35.4 Å². The van der Waals surface area contributed by atoms with Crippen molar-refractivity contribution in [1.82, 2.24) is 24.6 Å². The third kappa shape index (κ3) is 6.72. The van der Waals surface area contributed by atoms with Gasteiger partial charge >= 0.3 is 6.09 Å². The standard InChI is InChI=1S/C32H34N6O3/c1-32(2,3)41-31(40)34-15-12-22-13-16-37(17-14-22)30(39)26-10-8-24(9-11-26)27-21-38-28(19-36-29(38)20-35-27)25-6-4-23(18-33)5-7-25/h4-11,19-22H,12-17H2,1-3H3,(H,34,40). The first kappa shape index (κ1) is 27.8. The Balaban J connectivity index is 1.18. The number of carbonyl (C=O) groups excluding carboxylic acids is 2. The van der Waals surface area contributed by atoms with E-state index in [0.717, 1.165) is 47.4 Å². The molecule has 41 heavy (non-hydrogen) atoms. The molecule has 4 aromatic rings. The molecule has 9 nitrogen and oxygen atoms in total. The highest BCUT2D eigenvalue weighted by Crippen LogP contribution is 2.26. The number of likely N-dealkylation sites (tertiary alicyclic amines) is 1. The lowest BCUT2D eigenvalue weighted by Crippen LogP contribution is -2.39. The van der Waals surface area contributed by atoms with E-state index in [4.69, 9.17) is 10.00 Å². The van der Waals surface area contributed by atoms with E-state index in [9.17, 15) is 9.59 Å². The summed E-state index contributed by atoms with van der Waals surface area (Å²) in [5.74, 6) is 0.498. The molecule has 1 N–H and O–H groups in total. The molecule has 0 unspecified atom stereocenters. The second kappa shape index (κ2) is 11.8. The van der Waals surface area contributed by atoms with Crippen LogP contribution in [0.4, 0.5) is 4.79 Å². The highest BCUT2D eigenvalue weighted by atomic mass is 16.6. The number of imidazole rings is 1. The van der Waals surface area contributed by atoms with Crippen LogP contribution in [0.5, 0.6) is 0 Å². The number of amides is 2. The number of alkyl carbamates (subject to hydrolysis) is 1. The van der Waals surface area contributed by atoms with Gasteiger partial charge in [0.15, 0.2) is 5.65 Å². The molecule has 2 aromatic heterocycles. The van der Waals surface area contributed by atoms with Crippen LogP contribution in [0.3, 0.4) is 0 Å². The number of piperidine rings is 1. The van der Waals surface area contributed by atoms with E-state index < -0.39 is 5.60 Å². The summed E-state index contributed by atoms with van der Waals surface area (Å²) < 4.78 is 7.27. The van der Waals surface area contributed by atoms with Crippen LogP contribution in [0.15, 0.2) is 67.1 Å². The number of hydrogen-bond acceptors (Lipinski definition) is 6. The van der Waals surface area contributed by atoms with Gasteiger partial charge in [-0.3, -0.25) is 14.2 Å². The molecule has 0 atom stereocenters. The van der Waals surface area contributed by atoms with Crippen molar-refractivity contribution in [1.29, 1.82) is 5.26 Å². The molecule has 1 aliphatic heterocycles. The lowest BCUT2D eigenvalue weighted by atomic mass is 9.93. The summed E-state index contributed by atoms with van der Waals surface area (Å²) in [6, 6.07) is 17.1. The molecule has 1 saturated heterocycles. The summed E-state index contributed by atoms with van der Waals surface area (Å²) in [5.41, 5.74) is 5.02. The smallest absolute Gasteiger partial charge is 0.407 e. The minimum atomic E-state index is -0.505. The van der Waals surface area contributed by atoms with E-state index in [-0.39, 0.29) is 12.0 Å². The van der Waals surface area contributed by atoms with Gasteiger partial charge in [-0.15, -0.1) is 0 Å². The number of hydrogen-bond donors (Lipinski definition) is 1. The molecule has 210 valence electrons. The predicted octanol–water partition coefficient (Wildman–Crippen LogP) is 5.70. The third-order valence-corrected chi connectivity index (χ3v) is 7.26. The average molecular weight is 551 g/mol. The molecular weight excluding hydrogens is 516 g/mol. The van der Waals surface area contributed by atoms with Crippen LogP contribution in [-0.2, 0) is 4.74 Å². The lowest BCUT2D eigenvalue weighted by Gasteiger charge is -2.32. The van der Waals surface area contributed by atoms with Crippen molar-refractivity contribution in [3.8, 4) is 28.6 Å². The van der Waals surface area contributed by atoms with Crippen LogP contribution >= 0.6 is 0 Å². The number of aromatic nitrogens is 3. The van der Waals surface area contributed by atoms with E-state index in [1.807, 2.05) is 72.7 Å². The van der Waals surface area contributed by atoms with E-state index >= 15 is 0 Å². The summed E-state index contributed by atoms with van der Waals surface area (Å²) in [6.45, 7) is 7.52. The van der Waals surface area contributed by atoms with Crippen LogP contribution < -0.4 is 5.32 Å². The molecule has 1 aliphatic rings. The zero-order valence-corrected chi connectivity index (χ0v) is 23.6. The second-order valence-electron chi connectivity index (χ2n) is 11.4. The highest BCUT2D eigenvalue weighted by Gasteiger charge is 2.24. The summed E-state index contributed by atoms with van der Waals surface area (Å²) in [4.78, 5) is 36.0. The molecule has 0 spiro atoms. The average Bonchev–Trinajstić information content (AvgIpc) is 3.40. The molecular formula is C32H34N6O3. The number of nitrogens with one attached hydrogen (secondary N) is 1. The Hall–Kier alpha value is -4.71. The number of fused-ring (bicyclic) bond motifs is 1. The van der Waals surface area contributed by atoms with Crippen molar-refractivity contribution in [2.75, 3.05) is 19.6 Å². The van der Waals surface area contributed by atoms with Crippen molar-refractivity contribution in [2.45, 2.75) is 45.6 Å². The Kier molecular flexibility index (Phi) is 8.02. The molecule has 2 aromatic carbocycles. The summed E-state index contributed by atoms with van der Waals surface area (Å²) >= 11 is 0. The van der Waals surface area contributed by atoms with Crippen LogP contribution in [0.1, 0.15) is 56.0 Å². The Morgan fingerprint density at radius 1 is 1.00 bits per heavy atom. The van der Waals surface area contributed by atoms with Crippen LogP contribution in [0.2, 0.25) is 0 Å². The van der Waals surface area contributed by atoms with Gasteiger partial charge in [-0.25, -0.2) is 9.78 Å². The quantitative estimate of drug-likeness (QED) is 0.329. The first-order chi connectivity index (χ1) is 19.7. The molecule has 9 heteroatoms. The zero-order valence-electron chi connectivity index (χ0n) is 23.6. The molecule has 0 aliphatic carbocycles. The van der Waals surface area contributed by atoms with E-state index in [0.29, 0.717) is 36.7 Å². The van der Waals surface area contributed by atoms with E-state index in [1.165, 1.54) is 0 Å². The number of benzene rings is 2. The summed E-state index contributed by atoms with van der Waals surface area (Å²) in [7, 11) is 0. The van der Waals surface area contributed by atoms with Gasteiger partial charge in [-0.2, -0.15) is 5.26 Å². The molecule has 2 amide bonds. The van der Waals surface area contributed by atoms with Gasteiger partial charge in [0.25, 0.3) is 5.91 Å². The van der Waals surface area contributed by atoms with Gasteiger partial charge < -0.3 is 15.0 Å². The Morgan fingerprint density at radius 3 is 2.34 bits per heavy atom. The largest absolute Gasteiger partial charge is 0.444 e. The maximum atomic E-state index is 13.2. The fraction of sp³-hybridized carbons (Fsp3) is 0.344. The first-order valence-electron chi connectivity index (χ1n) is 13.9. The number of nitriles is 1. The Morgan fingerprint density at radius 2 is 1.68 bits per heavy atom. The Labute approximate surface area is 239 Å². The number of rotatable bonds is 6. The van der Waals surface area contributed by atoms with Gasteiger partial charge in [0, 0.05) is 42.5 Å². The maximum Gasteiger partial charge on any atom is 0.407 e. The second-order valence-corrected chi connectivity index (χ2v) is 11.4. The monoisotopic (exact) mass is 550 g/mol. The molecule has 3 heterocycles. The van der Waals surface area contributed by atoms with Gasteiger partial charge in [-0.1, -0.05) is 24.3 Å². The molecule has 0 bridgehead atoms. The molecule has 0 radical (unpaired) electrons. The summed E-state index contributed by atoms with van der Waals surface area (Å²) in [5, 5.41) is 11.9. The molecule has 5 rings (SSSR count). The highest BCUT2D eigenvalue weighted by molar-refractivity contribution is 5.94. The van der Waals surface area contributed by atoms with Crippen LogP contribution in [0, 0.1) is 17.2 Å². The van der Waals surface area contributed by atoms with Crippen molar-refractivity contribution in [3.63, 3.8) is 0 Å². The van der Waals surface area contributed by atoms with Crippen molar-refractivity contribution in [3.05, 3.63) is 78.2 Å². The number of nitrogens with zero attached hydrogens (tertiary/aromatic N) is 5. The minimum Gasteiger partial charge on any atom is -0.444 e. The Bertz CT molecular complexity index is 1570. The minimum absolute atomic E-state index is 0.0306. The van der Waals surface area contributed by atoms with Crippen molar-refractivity contribution >= 4 is 17.6 Å². The van der Waals surface area contributed by atoms with Gasteiger partial charge in [-0.05, 0) is 70.2 Å². The van der Waals surface area contributed by atoms with E-state index in [2.05, 4.69) is 21.4 Å².